The maximum absolute atomic E-state index is 5.85. The van der Waals surface area contributed by atoms with Crippen LogP contribution in [0.1, 0.15) is 182 Å². The zero-order valence-corrected chi connectivity index (χ0v) is 48.7. The summed E-state index contributed by atoms with van der Waals surface area (Å²) in [5.41, 5.74) is 12.9. The first-order chi connectivity index (χ1) is 31.0. The van der Waals surface area contributed by atoms with Crippen LogP contribution in [0.3, 0.4) is 0 Å². The van der Waals surface area contributed by atoms with Gasteiger partial charge in [-0.25, -0.2) is 0 Å². The molecule has 2 radical (unpaired) electrons. The van der Waals surface area contributed by atoms with Crippen molar-refractivity contribution in [2.45, 2.75) is 190 Å². The Kier molecular flexibility index (Phi) is 25.3. The molecule has 0 fully saturated rings. The summed E-state index contributed by atoms with van der Waals surface area (Å²) in [7, 11) is 0. The van der Waals surface area contributed by atoms with Gasteiger partial charge >= 0.3 is 30.2 Å². The molecule has 0 N–H and O–H groups in total. The van der Waals surface area contributed by atoms with Crippen LogP contribution in [0.5, 0.6) is 0 Å². The summed E-state index contributed by atoms with van der Waals surface area (Å²) in [6, 6.07) is 38.7. The van der Waals surface area contributed by atoms with Gasteiger partial charge in [0.15, 0.2) is 0 Å². The molecule has 0 aliphatic rings. The number of hydrogen-bond donors (Lipinski definition) is 0. The van der Waals surface area contributed by atoms with E-state index < -0.39 is 0 Å². The van der Waals surface area contributed by atoms with Gasteiger partial charge in [-0.2, -0.15) is 12.5 Å². The van der Waals surface area contributed by atoms with Crippen LogP contribution in [0.15, 0.2) is 103 Å². The molecule has 0 unspecified atom stereocenters. The summed E-state index contributed by atoms with van der Waals surface area (Å²) in [5, 5.41) is 5.55. The molecule has 0 atom stereocenters. The molecule has 6 rings (SSSR count). The third-order valence-electron chi connectivity index (χ3n) is 12.1. The van der Waals surface area contributed by atoms with Gasteiger partial charge in [0.1, 0.15) is 0 Å². The molecule has 2 nitrogen and oxygen atoms in total. The zero-order chi connectivity index (χ0) is 49.3. The predicted molar refractivity (Wildman–Crippen MR) is 296 cm³/mol. The van der Waals surface area contributed by atoms with Gasteiger partial charge in [0.2, 0.25) is 0 Å². The van der Waals surface area contributed by atoms with E-state index in [0.29, 0.717) is 5.92 Å². The minimum absolute atomic E-state index is 0. The Labute approximate surface area is 428 Å². The molecule has 6 aromatic carbocycles. The van der Waals surface area contributed by atoms with E-state index in [1.165, 1.54) is 133 Å². The third-order valence-corrected chi connectivity index (χ3v) is 12.1. The molecule has 6 aromatic rings. The summed E-state index contributed by atoms with van der Waals surface area (Å²) in [4.78, 5) is 0. The second-order valence-electron chi connectivity index (χ2n) is 22.5. The molecule has 0 saturated carbocycles. The summed E-state index contributed by atoms with van der Waals surface area (Å²) < 4.78 is 11.4. The second-order valence-corrected chi connectivity index (χ2v) is 22.5. The van der Waals surface area contributed by atoms with Gasteiger partial charge in [-0.3, -0.25) is 0 Å². The Balaban J connectivity index is 0.000000373. The summed E-state index contributed by atoms with van der Waals surface area (Å²) >= 11 is 1.36. The van der Waals surface area contributed by atoms with Gasteiger partial charge in [-0.05, 0) is 93.4 Å². The van der Waals surface area contributed by atoms with Gasteiger partial charge in [-0.1, -0.05) is 173 Å². The van der Waals surface area contributed by atoms with Crippen molar-refractivity contribution in [1.82, 2.24) is 0 Å². The Morgan fingerprint density at radius 2 is 1.01 bits per heavy atom. The second kappa shape index (κ2) is 28.1. The topological polar surface area (TPSA) is 18.5 Å². The van der Waals surface area contributed by atoms with Gasteiger partial charge in [0.05, 0.1) is 11.2 Å². The first-order valence-corrected chi connectivity index (χ1v) is 29.1. The van der Waals surface area contributed by atoms with Crippen LogP contribution in [-0.4, -0.2) is 31.3 Å². The van der Waals surface area contributed by atoms with Crippen LogP contribution in [0.4, 0.5) is 0 Å². The molecule has 0 bridgehead atoms. The number of rotatable bonds is 15. The van der Waals surface area contributed by atoms with E-state index in [4.69, 9.17) is 9.47 Å². The molecule has 0 aliphatic carbocycles. The van der Waals surface area contributed by atoms with E-state index in [-0.39, 0.29) is 29.5 Å². The number of benzene rings is 4. The fraction of sp³-hybridized carbons (Fsp3) is 0.492. The Bertz CT molecular complexity index is 2290. The van der Waals surface area contributed by atoms with Crippen molar-refractivity contribution in [3.05, 3.63) is 145 Å². The van der Waals surface area contributed by atoms with E-state index in [9.17, 15) is 0 Å². The number of aryl methyl sites for hydroxylation is 2. The molecule has 0 heterocycles. The number of hydrogen-bond acceptors (Lipinski definition) is 2. The molecule has 0 aliphatic heterocycles. The van der Waals surface area contributed by atoms with E-state index in [1.54, 1.807) is 0 Å². The molecule has 0 spiro atoms. The zero-order valence-electron chi connectivity index (χ0n) is 45.2. The summed E-state index contributed by atoms with van der Waals surface area (Å²) in [6.07, 6.45) is 10.8. The average molecular weight is 999 g/mol. The van der Waals surface area contributed by atoms with Crippen molar-refractivity contribution < 1.29 is 32.8 Å². The van der Waals surface area contributed by atoms with Crippen molar-refractivity contribution in [3.63, 3.8) is 0 Å². The molecule has 0 aromatic heterocycles. The van der Waals surface area contributed by atoms with E-state index in [0.717, 1.165) is 32.5 Å². The number of unbranched alkanes of at least 4 members (excludes halogenated alkanes) is 6. The van der Waals surface area contributed by atoms with Gasteiger partial charge in [0, 0.05) is 13.2 Å². The first kappa shape index (κ1) is 60.2. The fourth-order valence-electron chi connectivity index (χ4n) is 8.22. The number of ether oxygens (including phenoxy) is 2. The first-order valence-electron chi connectivity index (χ1n) is 24.9. The van der Waals surface area contributed by atoms with Crippen molar-refractivity contribution in [1.29, 1.82) is 0 Å². The SMILES string of the molecule is CC(C)c1cc2c(-c3ccc(C(C)(C)C)cc3)cccc2[cH-]1.Cc1[cH-]c2cccc(-c3ccc(C(C)(C)C)cc3)c2c1CCCCCCOC(C)(C)C.[CH2-]CCCCCOC(C)(C)C.[CH3-].[Si]=[Zr]. The van der Waals surface area contributed by atoms with Gasteiger partial charge < -0.3 is 23.8 Å². The monoisotopic (exact) mass is 997 g/mol. The third kappa shape index (κ3) is 20.2. The Morgan fingerprint density at radius 3 is 1.48 bits per heavy atom. The van der Waals surface area contributed by atoms with E-state index in [2.05, 4.69) is 221 Å². The van der Waals surface area contributed by atoms with Crippen LogP contribution in [0.25, 0.3) is 43.8 Å². The van der Waals surface area contributed by atoms with Crippen LogP contribution < -0.4 is 0 Å². The fourth-order valence-corrected chi connectivity index (χ4v) is 8.22. The van der Waals surface area contributed by atoms with Crippen molar-refractivity contribution in [3.8, 4) is 22.3 Å². The van der Waals surface area contributed by atoms with E-state index in [1.807, 2.05) is 0 Å². The standard InChI is InChI=1S/C30H41O.C22H25.C10H21O.CH3.Si.Zr/c1-22-21-24-13-12-15-27(23-16-18-25(19-17-23)29(2,3)4)28(24)26(22)14-10-8-9-11-20-31-30(5,6)7;1-15(2)18-13-17-7-6-8-20(21(17)14-18)16-9-11-19(12-10-16)22(3,4)5;1-5-6-7-8-9-11-10(2,3)4;;;/h12-13,15-19,21H,8-11,14,20H2,1-7H3;6-15H,1-5H3;1,5-9H2,2-4H3;1H3;;/q4*-1;;. The quantitative estimate of drug-likeness (QED) is 0.0580. The van der Waals surface area contributed by atoms with Crippen LogP contribution >= 0.6 is 0 Å². The Morgan fingerprint density at radius 1 is 0.567 bits per heavy atom. The molecule has 4 heteroatoms. The summed E-state index contributed by atoms with van der Waals surface area (Å²) in [5.74, 6) is 0.573. The molecular weight excluding hydrogens is 908 g/mol. The molecule has 366 valence electrons. The Hall–Kier alpha value is -2.88. The number of fused-ring (bicyclic) bond motifs is 2. The van der Waals surface area contributed by atoms with Crippen LogP contribution in [0, 0.1) is 21.3 Å². The van der Waals surface area contributed by atoms with Crippen LogP contribution in [-0.2, 0) is 50.1 Å². The predicted octanol–water partition coefficient (Wildman–Crippen LogP) is 18.7. The molecule has 0 amide bonds. The van der Waals surface area contributed by atoms with Crippen molar-refractivity contribution >= 4 is 28.4 Å². The summed E-state index contributed by atoms with van der Waals surface area (Å²) in [6.45, 7) is 41.7. The van der Waals surface area contributed by atoms with Crippen molar-refractivity contribution in [2.24, 2.45) is 0 Å². The average Bonchev–Trinajstić information content (AvgIpc) is 3.84. The maximum atomic E-state index is 5.85. The normalized spacial score (nSPS) is 11.9. The van der Waals surface area contributed by atoms with Gasteiger partial charge in [-0.15, -0.1) is 74.6 Å². The van der Waals surface area contributed by atoms with Crippen LogP contribution in [0.2, 0.25) is 0 Å². The van der Waals surface area contributed by atoms with E-state index >= 15 is 0 Å². The van der Waals surface area contributed by atoms with Gasteiger partial charge in [0.25, 0.3) is 0 Å². The molecule has 67 heavy (non-hydrogen) atoms. The molecule has 0 saturated heterocycles. The molecular formula is C63H90O2SiZr-4. The minimum atomic E-state index is -0.0210. The van der Waals surface area contributed by atoms with Crippen molar-refractivity contribution in [2.75, 3.05) is 13.2 Å².